The molecule has 0 rings (SSSR count). The van der Waals surface area contributed by atoms with E-state index in [1.807, 2.05) is 0 Å². The van der Waals surface area contributed by atoms with Crippen LogP contribution in [0.25, 0.3) is 0 Å². The van der Waals surface area contributed by atoms with Gasteiger partial charge >= 0.3 is 12.1 Å². The highest BCUT2D eigenvalue weighted by molar-refractivity contribution is 6.66. The number of imide groups is 2. The minimum absolute atomic E-state index is 1.13. The molecule has 0 aliphatic carbocycles. The number of oxime groups is 1. The molecule has 6 amide bonds. The second-order valence-corrected chi connectivity index (χ2v) is 2.09. The molecule has 0 aliphatic heterocycles. The number of carbonyl (C=O) groups excluding carboxylic acids is 4. The Morgan fingerprint density at radius 1 is 0.933 bits per heavy atom. The third-order valence-corrected chi connectivity index (χ3v) is 1.00. The zero-order chi connectivity index (χ0) is 12.0. The molecule has 0 radical (unpaired) electrons. The molecule has 10 nitrogen and oxygen atoms in total. The van der Waals surface area contributed by atoms with Crippen LogP contribution in [0.1, 0.15) is 0 Å². The molecule has 0 unspecified atom stereocenters. The highest BCUT2D eigenvalue weighted by Crippen LogP contribution is 1.80. The molecule has 82 valence electrons. The van der Waals surface area contributed by atoms with Crippen LogP contribution < -0.4 is 22.1 Å². The number of amides is 6. The zero-order valence-corrected chi connectivity index (χ0v) is 7.18. The van der Waals surface area contributed by atoms with Gasteiger partial charge in [-0.3, -0.25) is 20.2 Å². The van der Waals surface area contributed by atoms with E-state index in [1.165, 1.54) is 10.6 Å². The summed E-state index contributed by atoms with van der Waals surface area (Å²) in [5, 5.41) is 13.4. The first-order valence-electron chi connectivity index (χ1n) is 3.32. The topological polar surface area (TPSA) is 177 Å². The quantitative estimate of drug-likeness (QED) is 0.145. The van der Waals surface area contributed by atoms with Crippen molar-refractivity contribution in [2.45, 2.75) is 0 Å². The number of nitrogens with one attached hydrogen (secondary N) is 2. The molecule has 0 aromatic carbocycles. The van der Waals surface area contributed by atoms with Crippen molar-refractivity contribution in [3.8, 4) is 0 Å². The number of urea groups is 2. The number of carbonyl (C=O) groups is 4. The van der Waals surface area contributed by atoms with Gasteiger partial charge in [-0.1, -0.05) is 5.16 Å². The Morgan fingerprint density at radius 3 is 1.47 bits per heavy atom. The van der Waals surface area contributed by atoms with E-state index in [1.54, 1.807) is 0 Å². The Morgan fingerprint density at radius 2 is 1.27 bits per heavy atom. The predicted molar refractivity (Wildman–Crippen MR) is 44.7 cm³/mol. The third kappa shape index (κ3) is 4.21. The van der Waals surface area contributed by atoms with Crippen LogP contribution in [0.3, 0.4) is 0 Å². The molecule has 0 atom stereocenters. The summed E-state index contributed by atoms with van der Waals surface area (Å²) in [6.07, 6.45) is 0. The monoisotopic (exact) mass is 217 g/mol. The van der Waals surface area contributed by atoms with Gasteiger partial charge in [0.05, 0.1) is 0 Å². The number of hydrogen-bond acceptors (Lipinski definition) is 6. The van der Waals surface area contributed by atoms with E-state index in [4.69, 9.17) is 5.21 Å². The molecule has 0 spiro atoms. The maximum Gasteiger partial charge on any atom is 0.319 e. The summed E-state index contributed by atoms with van der Waals surface area (Å²) in [6.45, 7) is 0. The Labute approximate surface area is 82.3 Å². The standard InChI is InChI=1S/C5H7N5O5/c6-4(13)8-2(11)1(10-15)3(12)9-5(7)14/h15H,(H3,6,8,11,13)(H3,7,9,12,14). The Kier molecular flexibility index (Phi) is 4.25. The number of rotatable bonds is 2. The van der Waals surface area contributed by atoms with Gasteiger partial charge < -0.3 is 16.7 Å². The zero-order valence-electron chi connectivity index (χ0n) is 7.18. The summed E-state index contributed by atoms with van der Waals surface area (Å²) in [5.74, 6) is -2.74. The lowest BCUT2D eigenvalue weighted by molar-refractivity contribution is -0.117. The molecule has 0 bridgehead atoms. The first-order chi connectivity index (χ1) is 6.88. The molecule has 0 aromatic heterocycles. The van der Waals surface area contributed by atoms with Crippen LogP contribution in [0.2, 0.25) is 0 Å². The van der Waals surface area contributed by atoms with E-state index in [0.29, 0.717) is 0 Å². The average Bonchev–Trinajstić information content (AvgIpc) is 2.01. The molecule has 0 aliphatic rings. The van der Waals surface area contributed by atoms with Crippen LogP contribution in [-0.4, -0.2) is 34.8 Å². The van der Waals surface area contributed by atoms with Crippen LogP contribution in [-0.2, 0) is 9.59 Å². The molecule has 0 saturated heterocycles. The summed E-state index contributed by atoms with van der Waals surface area (Å²) >= 11 is 0. The van der Waals surface area contributed by atoms with Crippen molar-refractivity contribution >= 4 is 29.6 Å². The fourth-order valence-corrected chi connectivity index (χ4v) is 0.536. The number of hydrogen-bond donors (Lipinski definition) is 5. The van der Waals surface area contributed by atoms with Gasteiger partial charge in [-0.25, -0.2) is 9.59 Å². The van der Waals surface area contributed by atoms with Crippen molar-refractivity contribution in [1.82, 2.24) is 10.6 Å². The Hall–Kier alpha value is -2.65. The number of nitrogens with zero attached hydrogens (tertiary/aromatic N) is 1. The molecule has 0 heterocycles. The van der Waals surface area contributed by atoms with E-state index >= 15 is 0 Å². The normalized spacial score (nSPS) is 8.53. The molecular formula is C5H7N5O5. The average molecular weight is 217 g/mol. The first-order valence-corrected chi connectivity index (χ1v) is 3.32. The smallest absolute Gasteiger partial charge is 0.319 e. The van der Waals surface area contributed by atoms with E-state index in [-0.39, 0.29) is 0 Å². The van der Waals surface area contributed by atoms with Gasteiger partial charge in [0.15, 0.2) is 0 Å². The van der Waals surface area contributed by atoms with Crippen LogP contribution in [0.4, 0.5) is 9.59 Å². The second-order valence-electron chi connectivity index (χ2n) is 2.09. The van der Waals surface area contributed by atoms with E-state index in [2.05, 4.69) is 16.6 Å². The maximum absolute atomic E-state index is 10.9. The van der Waals surface area contributed by atoms with Crippen molar-refractivity contribution in [3.05, 3.63) is 0 Å². The van der Waals surface area contributed by atoms with Gasteiger partial charge in [-0.05, 0) is 0 Å². The van der Waals surface area contributed by atoms with Crippen molar-refractivity contribution in [3.63, 3.8) is 0 Å². The number of primary amides is 2. The summed E-state index contributed by atoms with van der Waals surface area (Å²) in [5.41, 5.74) is 7.98. The van der Waals surface area contributed by atoms with Crippen LogP contribution in [0, 0.1) is 0 Å². The van der Waals surface area contributed by atoms with E-state index in [9.17, 15) is 19.2 Å². The minimum atomic E-state index is -1.37. The lowest BCUT2D eigenvalue weighted by Crippen LogP contribution is -2.48. The molecule has 0 saturated carbocycles. The minimum Gasteiger partial charge on any atom is -0.410 e. The van der Waals surface area contributed by atoms with Gasteiger partial charge in [-0.15, -0.1) is 0 Å². The Bertz CT molecular complexity index is 318. The molecule has 10 heteroatoms. The highest BCUT2D eigenvalue weighted by atomic mass is 16.4. The van der Waals surface area contributed by atoms with E-state index in [0.717, 1.165) is 0 Å². The summed E-state index contributed by atoms with van der Waals surface area (Å²) in [6, 6.07) is -2.51. The van der Waals surface area contributed by atoms with Gasteiger partial charge in [0, 0.05) is 0 Å². The second kappa shape index (κ2) is 5.16. The summed E-state index contributed by atoms with van der Waals surface area (Å²) in [4.78, 5) is 42.2. The molecule has 15 heavy (non-hydrogen) atoms. The largest absolute Gasteiger partial charge is 0.410 e. The maximum atomic E-state index is 10.9. The van der Waals surface area contributed by atoms with Crippen LogP contribution in [0.5, 0.6) is 0 Å². The fraction of sp³-hybridized carbons (Fsp3) is 0. The molecule has 0 fully saturated rings. The molecule has 7 N–H and O–H groups in total. The molecule has 0 aromatic rings. The third-order valence-electron chi connectivity index (χ3n) is 1.00. The summed E-state index contributed by atoms with van der Waals surface area (Å²) < 4.78 is 0. The summed E-state index contributed by atoms with van der Waals surface area (Å²) in [7, 11) is 0. The SMILES string of the molecule is NC(=O)NC(=O)C(=NO)C(=O)NC(N)=O. The van der Waals surface area contributed by atoms with Gasteiger partial charge in [0.2, 0.25) is 5.71 Å². The predicted octanol–water partition coefficient (Wildman–Crippen LogP) is -2.79. The number of nitrogens with two attached hydrogens (primary N) is 2. The van der Waals surface area contributed by atoms with Crippen molar-refractivity contribution in [2.24, 2.45) is 16.6 Å². The van der Waals surface area contributed by atoms with Crippen LogP contribution in [0.15, 0.2) is 5.16 Å². The van der Waals surface area contributed by atoms with Gasteiger partial charge in [-0.2, -0.15) is 0 Å². The van der Waals surface area contributed by atoms with Crippen molar-refractivity contribution in [2.75, 3.05) is 0 Å². The van der Waals surface area contributed by atoms with Crippen molar-refractivity contribution in [1.29, 1.82) is 0 Å². The lowest BCUT2D eigenvalue weighted by Gasteiger charge is -2.02. The lowest BCUT2D eigenvalue weighted by atomic mass is 10.3. The molecular weight excluding hydrogens is 210 g/mol. The highest BCUT2D eigenvalue weighted by Gasteiger charge is 2.23. The van der Waals surface area contributed by atoms with Gasteiger partial charge in [0.25, 0.3) is 11.8 Å². The first kappa shape index (κ1) is 12.3. The van der Waals surface area contributed by atoms with Crippen molar-refractivity contribution < 1.29 is 24.4 Å². The van der Waals surface area contributed by atoms with E-state index < -0.39 is 29.6 Å². The van der Waals surface area contributed by atoms with Crippen LogP contribution >= 0.6 is 0 Å². The Balaban J connectivity index is 4.64. The van der Waals surface area contributed by atoms with Gasteiger partial charge in [0.1, 0.15) is 0 Å². The fourth-order valence-electron chi connectivity index (χ4n) is 0.536.